The SMILES string of the molecule is Cc1cccc(-c2nccc(Nc3ccnc(Cc4cc(NC(=O)C5CCNCC5)c5c(c4)OCCO5)n3)n2)n1. The average molecular weight is 539 g/mol. The van der Waals surface area contributed by atoms with E-state index in [0.29, 0.717) is 65.8 Å². The number of carbonyl (C=O) groups is 1. The number of hydrogen-bond acceptors (Lipinski definition) is 10. The smallest absolute Gasteiger partial charge is 0.227 e. The van der Waals surface area contributed by atoms with E-state index in [1.54, 1.807) is 24.5 Å². The van der Waals surface area contributed by atoms with E-state index in [9.17, 15) is 4.79 Å². The Labute approximate surface area is 231 Å². The first kappa shape index (κ1) is 25.6. The van der Waals surface area contributed by atoms with Gasteiger partial charge in [0.25, 0.3) is 0 Å². The predicted octanol–water partition coefficient (Wildman–Crippen LogP) is 3.68. The summed E-state index contributed by atoms with van der Waals surface area (Å²) in [6.07, 6.45) is 5.45. The van der Waals surface area contributed by atoms with E-state index in [1.165, 1.54) is 0 Å². The van der Waals surface area contributed by atoms with Crippen molar-refractivity contribution < 1.29 is 14.3 Å². The number of hydrogen-bond donors (Lipinski definition) is 3. The maximum Gasteiger partial charge on any atom is 0.227 e. The van der Waals surface area contributed by atoms with E-state index in [-0.39, 0.29) is 11.8 Å². The summed E-state index contributed by atoms with van der Waals surface area (Å²) in [5, 5.41) is 9.63. The van der Waals surface area contributed by atoms with Crippen molar-refractivity contribution >= 4 is 23.2 Å². The predicted molar refractivity (Wildman–Crippen MR) is 150 cm³/mol. The molecule has 0 atom stereocenters. The number of aryl methyl sites for hydroxylation is 1. The highest BCUT2D eigenvalue weighted by molar-refractivity contribution is 5.94. The number of fused-ring (bicyclic) bond motifs is 1. The molecule has 0 saturated carbocycles. The number of benzene rings is 1. The van der Waals surface area contributed by atoms with Crippen LogP contribution in [0.5, 0.6) is 11.5 Å². The van der Waals surface area contributed by atoms with E-state index >= 15 is 0 Å². The molecule has 2 aliphatic rings. The van der Waals surface area contributed by atoms with E-state index in [0.717, 1.165) is 37.2 Å². The molecule has 11 heteroatoms. The molecule has 11 nitrogen and oxygen atoms in total. The third-order valence-electron chi connectivity index (χ3n) is 6.77. The number of nitrogens with one attached hydrogen (secondary N) is 3. The highest BCUT2D eigenvalue weighted by atomic mass is 16.6. The number of rotatable bonds is 7. The van der Waals surface area contributed by atoms with Gasteiger partial charge in [-0.05, 0) is 74.8 Å². The number of aromatic nitrogens is 5. The Kier molecular flexibility index (Phi) is 7.45. The number of piperidine rings is 1. The second kappa shape index (κ2) is 11.6. The van der Waals surface area contributed by atoms with Crippen LogP contribution >= 0.6 is 0 Å². The lowest BCUT2D eigenvalue weighted by Gasteiger charge is -2.25. The van der Waals surface area contributed by atoms with Crippen molar-refractivity contribution in [3.05, 3.63) is 71.9 Å². The number of anilines is 3. The molecule has 0 unspecified atom stereocenters. The zero-order valence-corrected chi connectivity index (χ0v) is 22.2. The zero-order valence-electron chi connectivity index (χ0n) is 22.2. The second-order valence-electron chi connectivity index (χ2n) is 9.77. The summed E-state index contributed by atoms with van der Waals surface area (Å²) in [5.41, 5.74) is 3.11. The lowest BCUT2D eigenvalue weighted by atomic mass is 9.97. The molecule has 0 radical (unpaired) electrons. The van der Waals surface area contributed by atoms with Crippen molar-refractivity contribution in [1.29, 1.82) is 0 Å². The van der Waals surface area contributed by atoms with Crippen molar-refractivity contribution in [2.45, 2.75) is 26.2 Å². The maximum atomic E-state index is 13.0. The van der Waals surface area contributed by atoms with Crippen molar-refractivity contribution in [1.82, 2.24) is 30.2 Å². The Morgan fingerprint density at radius 2 is 1.77 bits per heavy atom. The van der Waals surface area contributed by atoms with Crippen LogP contribution < -0.4 is 25.4 Å². The van der Waals surface area contributed by atoms with E-state index < -0.39 is 0 Å². The van der Waals surface area contributed by atoms with Crippen LogP contribution in [0, 0.1) is 12.8 Å². The van der Waals surface area contributed by atoms with Gasteiger partial charge in [0.15, 0.2) is 17.3 Å². The number of amides is 1. The topological polar surface area (TPSA) is 136 Å². The van der Waals surface area contributed by atoms with Crippen LogP contribution in [-0.4, -0.2) is 57.1 Å². The monoisotopic (exact) mass is 538 g/mol. The minimum atomic E-state index is -0.0276. The Hall–Kier alpha value is -4.64. The van der Waals surface area contributed by atoms with Gasteiger partial charge in [0.05, 0.1) is 5.69 Å². The fourth-order valence-electron chi connectivity index (χ4n) is 4.81. The molecule has 6 rings (SSSR count). The largest absolute Gasteiger partial charge is 0.486 e. The molecule has 3 aromatic heterocycles. The summed E-state index contributed by atoms with van der Waals surface area (Å²) < 4.78 is 11.7. The Morgan fingerprint density at radius 1 is 0.975 bits per heavy atom. The first-order valence-electron chi connectivity index (χ1n) is 13.4. The standard InChI is InChI=1S/C29H30N8O3/c1-18-3-2-4-21(33-18)28-32-12-8-25(37-28)35-24-7-11-31-26(36-24)17-19-15-22(27-23(16-19)39-13-14-40-27)34-29(38)20-5-9-30-10-6-20/h2-4,7-8,11-12,15-16,20,30H,5-6,9-10,13-14,17H2,1H3,(H,34,38)(H,31,32,35,36,37). The molecule has 1 aromatic carbocycles. The number of nitrogens with zero attached hydrogens (tertiary/aromatic N) is 5. The normalized spacial score (nSPS) is 14.9. The summed E-state index contributed by atoms with van der Waals surface area (Å²) in [5.74, 6) is 3.48. The third-order valence-corrected chi connectivity index (χ3v) is 6.77. The van der Waals surface area contributed by atoms with Crippen LogP contribution in [0.25, 0.3) is 11.5 Å². The molecule has 0 spiro atoms. The van der Waals surface area contributed by atoms with Crippen molar-refractivity contribution in [2.24, 2.45) is 5.92 Å². The zero-order chi connectivity index (χ0) is 27.3. The van der Waals surface area contributed by atoms with Crippen molar-refractivity contribution in [3.63, 3.8) is 0 Å². The molecule has 40 heavy (non-hydrogen) atoms. The molecule has 3 N–H and O–H groups in total. The molecule has 1 amide bonds. The molecule has 1 saturated heterocycles. The fraction of sp³-hybridized carbons (Fsp3) is 0.310. The van der Waals surface area contributed by atoms with Gasteiger partial charge in [0.2, 0.25) is 5.91 Å². The number of pyridine rings is 1. The van der Waals surface area contributed by atoms with Crippen LogP contribution in [0.1, 0.15) is 29.9 Å². The summed E-state index contributed by atoms with van der Waals surface area (Å²) in [6, 6.07) is 13.1. The molecule has 2 aliphatic heterocycles. The first-order chi connectivity index (χ1) is 19.6. The molecule has 204 valence electrons. The minimum Gasteiger partial charge on any atom is -0.486 e. The summed E-state index contributed by atoms with van der Waals surface area (Å²) in [6.45, 7) is 4.51. The summed E-state index contributed by atoms with van der Waals surface area (Å²) >= 11 is 0. The van der Waals surface area contributed by atoms with Crippen molar-refractivity contribution in [2.75, 3.05) is 36.9 Å². The lowest BCUT2D eigenvalue weighted by molar-refractivity contribution is -0.120. The van der Waals surface area contributed by atoms with Gasteiger partial charge in [-0.15, -0.1) is 0 Å². The minimum absolute atomic E-state index is 0.00237. The third kappa shape index (κ3) is 5.99. The van der Waals surface area contributed by atoms with Gasteiger partial charge in [0, 0.05) is 30.4 Å². The van der Waals surface area contributed by atoms with Gasteiger partial charge in [-0.2, -0.15) is 0 Å². The van der Waals surface area contributed by atoms with Gasteiger partial charge in [0.1, 0.15) is 36.4 Å². The maximum absolute atomic E-state index is 13.0. The highest BCUT2D eigenvalue weighted by Gasteiger charge is 2.25. The fourth-order valence-corrected chi connectivity index (χ4v) is 4.81. The Balaban J connectivity index is 1.20. The van der Waals surface area contributed by atoms with Gasteiger partial charge >= 0.3 is 0 Å². The van der Waals surface area contributed by atoms with Gasteiger partial charge in [-0.3, -0.25) is 4.79 Å². The average Bonchev–Trinajstić information content (AvgIpc) is 2.98. The van der Waals surface area contributed by atoms with E-state index in [1.807, 2.05) is 37.3 Å². The van der Waals surface area contributed by atoms with Crippen LogP contribution in [0.2, 0.25) is 0 Å². The molecule has 0 bridgehead atoms. The highest BCUT2D eigenvalue weighted by Crippen LogP contribution is 2.39. The van der Waals surface area contributed by atoms with Gasteiger partial charge in [-0.25, -0.2) is 24.9 Å². The molecular formula is C29H30N8O3. The number of ether oxygens (including phenoxy) is 2. The van der Waals surface area contributed by atoms with E-state index in [2.05, 4.69) is 35.9 Å². The summed E-state index contributed by atoms with van der Waals surface area (Å²) in [7, 11) is 0. The lowest BCUT2D eigenvalue weighted by Crippen LogP contribution is -2.34. The van der Waals surface area contributed by atoms with Crippen LogP contribution in [-0.2, 0) is 11.2 Å². The quantitative estimate of drug-likeness (QED) is 0.320. The molecular weight excluding hydrogens is 508 g/mol. The molecule has 1 fully saturated rings. The molecule has 4 aromatic rings. The summed E-state index contributed by atoms with van der Waals surface area (Å²) in [4.78, 5) is 35.6. The first-order valence-corrected chi connectivity index (χ1v) is 13.4. The molecule has 5 heterocycles. The second-order valence-corrected chi connectivity index (χ2v) is 9.77. The van der Waals surface area contributed by atoms with Crippen LogP contribution in [0.15, 0.2) is 54.9 Å². The Bertz CT molecular complexity index is 1520. The van der Waals surface area contributed by atoms with Crippen LogP contribution in [0.3, 0.4) is 0 Å². The van der Waals surface area contributed by atoms with Crippen LogP contribution in [0.4, 0.5) is 17.3 Å². The van der Waals surface area contributed by atoms with Gasteiger partial charge in [-0.1, -0.05) is 6.07 Å². The molecule has 0 aliphatic carbocycles. The van der Waals surface area contributed by atoms with Gasteiger partial charge < -0.3 is 25.4 Å². The van der Waals surface area contributed by atoms with Crippen molar-refractivity contribution in [3.8, 4) is 23.0 Å². The Morgan fingerprint density at radius 3 is 2.62 bits per heavy atom. The van der Waals surface area contributed by atoms with E-state index in [4.69, 9.17) is 14.5 Å². The number of carbonyl (C=O) groups excluding carboxylic acids is 1.